The van der Waals surface area contributed by atoms with E-state index in [1.54, 1.807) is 34.4 Å². The van der Waals surface area contributed by atoms with Crippen LogP contribution in [0.4, 0.5) is 4.39 Å². The summed E-state index contributed by atoms with van der Waals surface area (Å²) >= 11 is 0. The van der Waals surface area contributed by atoms with E-state index in [1.807, 2.05) is 18.3 Å². The number of nitrogens with one attached hydrogen (secondary N) is 3. The summed E-state index contributed by atoms with van der Waals surface area (Å²) in [6, 6.07) is 8.64. The predicted molar refractivity (Wildman–Crippen MR) is 137 cm³/mol. The number of aromatic nitrogens is 1. The van der Waals surface area contributed by atoms with Crippen molar-refractivity contribution in [2.75, 3.05) is 41.5 Å². The van der Waals surface area contributed by atoms with Gasteiger partial charge >= 0.3 is 0 Å². The Kier molecular flexibility index (Phi) is 9.89. The van der Waals surface area contributed by atoms with Crippen molar-refractivity contribution in [2.24, 2.45) is 4.99 Å². The SMILES string of the molecule is CN=C(NCCc1ccc(OC)c(OC)c1OC)NCCc1c[nH]c2cc(F)ccc12.I. The number of guanidine groups is 1. The molecular weight excluding hydrogens is 526 g/mol. The maximum absolute atomic E-state index is 13.3. The molecule has 0 saturated carbocycles. The van der Waals surface area contributed by atoms with Crippen LogP contribution in [-0.2, 0) is 12.8 Å². The molecule has 0 radical (unpaired) electrons. The summed E-state index contributed by atoms with van der Waals surface area (Å²) in [5.41, 5.74) is 2.95. The largest absolute Gasteiger partial charge is 0.493 e. The van der Waals surface area contributed by atoms with E-state index in [0.717, 1.165) is 34.9 Å². The molecule has 0 saturated heterocycles. The first-order valence-electron chi connectivity index (χ1n) is 10.1. The topological polar surface area (TPSA) is 79.9 Å². The molecular formula is C23H30FIN4O3. The van der Waals surface area contributed by atoms with Crippen molar-refractivity contribution in [3.05, 3.63) is 53.5 Å². The summed E-state index contributed by atoms with van der Waals surface area (Å²) in [6.45, 7) is 1.36. The molecule has 3 N–H and O–H groups in total. The van der Waals surface area contributed by atoms with Crippen LogP contribution in [0.1, 0.15) is 11.1 Å². The van der Waals surface area contributed by atoms with Gasteiger partial charge in [0.05, 0.1) is 21.3 Å². The molecule has 0 atom stereocenters. The van der Waals surface area contributed by atoms with Crippen LogP contribution in [0.3, 0.4) is 0 Å². The first kappa shape index (κ1) is 25.6. The standard InChI is InChI=1S/C23H29FN4O3.HI/c1-25-23(27-12-10-16-14-28-19-13-17(24)6-7-18(16)19)26-11-9-15-5-8-20(29-2)22(31-4)21(15)30-3;/h5-8,13-14,28H,9-12H2,1-4H3,(H2,25,26,27);1H. The normalized spacial score (nSPS) is 11.1. The fourth-order valence-corrected chi connectivity index (χ4v) is 3.58. The van der Waals surface area contributed by atoms with Gasteiger partial charge in [-0.3, -0.25) is 4.99 Å². The Balaban J connectivity index is 0.00000363. The Morgan fingerprint density at radius 1 is 0.938 bits per heavy atom. The monoisotopic (exact) mass is 556 g/mol. The number of aliphatic imine (C=N–C) groups is 1. The smallest absolute Gasteiger partial charge is 0.203 e. The van der Waals surface area contributed by atoms with E-state index in [0.29, 0.717) is 36.3 Å². The van der Waals surface area contributed by atoms with Crippen molar-refractivity contribution in [1.82, 2.24) is 15.6 Å². The zero-order chi connectivity index (χ0) is 22.2. The molecule has 0 aliphatic carbocycles. The number of rotatable bonds is 9. The van der Waals surface area contributed by atoms with E-state index >= 15 is 0 Å². The van der Waals surface area contributed by atoms with Gasteiger partial charge in [-0.05, 0) is 42.7 Å². The average molecular weight is 556 g/mol. The molecule has 0 aliphatic rings. The molecule has 0 amide bonds. The summed E-state index contributed by atoms with van der Waals surface area (Å²) in [5, 5.41) is 7.66. The highest BCUT2D eigenvalue weighted by atomic mass is 127. The molecule has 3 rings (SSSR count). The van der Waals surface area contributed by atoms with Gasteiger partial charge in [-0.15, -0.1) is 24.0 Å². The van der Waals surface area contributed by atoms with Gasteiger partial charge in [0.15, 0.2) is 17.5 Å². The Hall–Kier alpha value is -2.69. The van der Waals surface area contributed by atoms with E-state index in [-0.39, 0.29) is 29.8 Å². The highest BCUT2D eigenvalue weighted by molar-refractivity contribution is 14.0. The third-order valence-electron chi connectivity index (χ3n) is 5.11. The number of halogens is 2. The van der Waals surface area contributed by atoms with E-state index in [1.165, 1.54) is 12.1 Å². The lowest BCUT2D eigenvalue weighted by Gasteiger charge is -2.16. The van der Waals surface area contributed by atoms with Crippen molar-refractivity contribution in [1.29, 1.82) is 0 Å². The van der Waals surface area contributed by atoms with Gasteiger partial charge in [-0.1, -0.05) is 6.07 Å². The van der Waals surface area contributed by atoms with Crippen molar-refractivity contribution in [3.8, 4) is 17.2 Å². The van der Waals surface area contributed by atoms with Crippen LogP contribution < -0.4 is 24.8 Å². The molecule has 1 aromatic heterocycles. The van der Waals surface area contributed by atoms with E-state index < -0.39 is 0 Å². The van der Waals surface area contributed by atoms with Gasteiger partial charge in [-0.25, -0.2) is 4.39 Å². The minimum absolute atomic E-state index is 0. The van der Waals surface area contributed by atoms with Crippen molar-refractivity contribution in [3.63, 3.8) is 0 Å². The molecule has 174 valence electrons. The number of benzene rings is 2. The van der Waals surface area contributed by atoms with Crippen molar-refractivity contribution < 1.29 is 18.6 Å². The summed E-state index contributed by atoms with van der Waals surface area (Å²) < 4.78 is 29.7. The molecule has 2 aromatic carbocycles. The molecule has 3 aromatic rings. The first-order chi connectivity index (χ1) is 15.1. The van der Waals surface area contributed by atoms with Crippen LogP contribution in [-0.4, -0.2) is 52.4 Å². The second-order valence-electron chi connectivity index (χ2n) is 6.92. The molecule has 0 fully saturated rings. The molecule has 1 heterocycles. The average Bonchev–Trinajstić information content (AvgIpc) is 3.19. The van der Waals surface area contributed by atoms with Crippen molar-refractivity contribution in [2.45, 2.75) is 12.8 Å². The molecule has 0 bridgehead atoms. The van der Waals surface area contributed by atoms with Gasteiger partial charge < -0.3 is 29.8 Å². The number of H-pyrrole nitrogens is 1. The molecule has 32 heavy (non-hydrogen) atoms. The molecule has 0 spiro atoms. The quantitative estimate of drug-likeness (QED) is 0.212. The summed E-state index contributed by atoms with van der Waals surface area (Å²) in [6.07, 6.45) is 3.43. The van der Waals surface area contributed by atoms with Gasteiger partial charge in [0, 0.05) is 42.8 Å². The van der Waals surface area contributed by atoms with E-state index in [9.17, 15) is 4.39 Å². The molecule has 9 heteroatoms. The van der Waals surface area contributed by atoms with E-state index in [4.69, 9.17) is 14.2 Å². The van der Waals surface area contributed by atoms with Crippen molar-refractivity contribution >= 4 is 40.8 Å². The van der Waals surface area contributed by atoms with Crippen LogP contribution in [0.2, 0.25) is 0 Å². The minimum Gasteiger partial charge on any atom is -0.493 e. The summed E-state index contributed by atoms with van der Waals surface area (Å²) in [5.74, 6) is 2.36. The third kappa shape index (κ3) is 5.96. The number of hydrogen-bond donors (Lipinski definition) is 3. The Morgan fingerprint density at radius 3 is 2.25 bits per heavy atom. The fourth-order valence-electron chi connectivity index (χ4n) is 3.58. The predicted octanol–water partition coefficient (Wildman–Crippen LogP) is 3.90. The fraction of sp³-hybridized carbons (Fsp3) is 0.348. The lowest BCUT2D eigenvalue weighted by Crippen LogP contribution is -2.39. The Labute approximate surface area is 204 Å². The molecule has 7 nitrogen and oxygen atoms in total. The van der Waals surface area contributed by atoms with Gasteiger partial charge in [0.2, 0.25) is 5.75 Å². The van der Waals surface area contributed by atoms with Gasteiger partial charge in [0.1, 0.15) is 5.82 Å². The maximum atomic E-state index is 13.3. The van der Waals surface area contributed by atoms with Crippen LogP contribution in [0.15, 0.2) is 41.5 Å². The number of nitrogens with zero attached hydrogens (tertiary/aromatic N) is 1. The first-order valence-corrected chi connectivity index (χ1v) is 10.1. The molecule has 0 unspecified atom stereocenters. The van der Waals surface area contributed by atoms with Crippen LogP contribution in [0.25, 0.3) is 10.9 Å². The lowest BCUT2D eigenvalue weighted by atomic mass is 10.1. The van der Waals surface area contributed by atoms with Crippen LogP contribution in [0.5, 0.6) is 17.2 Å². The highest BCUT2D eigenvalue weighted by Gasteiger charge is 2.15. The lowest BCUT2D eigenvalue weighted by molar-refractivity contribution is 0.322. The number of methoxy groups -OCH3 is 3. The van der Waals surface area contributed by atoms with Gasteiger partial charge in [0.25, 0.3) is 0 Å². The van der Waals surface area contributed by atoms with Crippen LogP contribution in [0, 0.1) is 5.82 Å². The zero-order valence-corrected chi connectivity index (χ0v) is 21.1. The Bertz CT molecular complexity index is 1060. The zero-order valence-electron chi connectivity index (χ0n) is 18.8. The van der Waals surface area contributed by atoms with Gasteiger partial charge in [-0.2, -0.15) is 0 Å². The second-order valence-corrected chi connectivity index (χ2v) is 6.92. The maximum Gasteiger partial charge on any atom is 0.203 e. The summed E-state index contributed by atoms with van der Waals surface area (Å²) in [7, 11) is 6.55. The summed E-state index contributed by atoms with van der Waals surface area (Å²) in [4.78, 5) is 7.39. The number of fused-ring (bicyclic) bond motifs is 1. The Morgan fingerprint density at radius 2 is 1.62 bits per heavy atom. The van der Waals surface area contributed by atoms with E-state index in [2.05, 4.69) is 20.6 Å². The second kappa shape index (κ2) is 12.4. The number of hydrogen-bond acceptors (Lipinski definition) is 4. The molecule has 0 aliphatic heterocycles. The highest BCUT2D eigenvalue weighted by Crippen LogP contribution is 2.39. The number of ether oxygens (including phenoxy) is 3. The van der Waals surface area contributed by atoms with Crippen LogP contribution >= 0.6 is 24.0 Å². The third-order valence-corrected chi connectivity index (χ3v) is 5.11. The number of aromatic amines is 1. The minimum atomic E-state index is -0.241.